The first kappa shape index (κ1) is 13.3. The summed E-state index contributed by atoms with van der Waals surface area (Å²) in [6.07, 6.45) is 0. The Labute approximate surface area is 125 Å². The van der Waals surface area contributed by atoms with E-state index in [1.54, 1.807) is 16.2 Å². The van der Waals surface area contributed by atoms with Crippen molar-refractivity contribution in [2.24, 2.45) is 0 Å². The molecular weight excluding hydrogens is 386 g/mol. The van der Waals surface area contributed by atoms with Gasteiger partial charge in [-0.25, -0.2) is 0 Å². The molecule has 0 spiro atoms. The highest BCUT2D eigenvalue weighted by Gasteiger charge is 2.14. The van der Waals surface area contributed by atoms with Crippen molar-refractivity contribution in [3.05, 3.63) is 41.6 Å². The van der Waals surface area contributed by atoms with Crippen LogP contribution in [0.25, 0.3) is 0 Å². The van der Waals surface area contributed by atoms with Gasteiger partial charge in [0.05, 0.1) is 15.9 Å². The number of carbonyl (C=O) groups excluding carboxylic acids is 1. The highest BCUT2D eigenvalue weighted by Crippen LogP contribution is 2.24. The lowest BCUT2D eigenvalue weighted by molar-refractivity contribution is 0.0787. The first-order chi connectivity index (χ1) is 8.06. The highest BCUT2D eigenvalue weighted by atomic mass is 79.9. The van der Waals surface area contributed by atoms with Crippen LogP contribution in [0.1, 0.15) is 15.2 Å². The Morgan fingerprint density at radius 3 is 2.59 bits per heavy atom. The fourth-order valence-corrected chi connectivity index (χ4v) is 4.02. The van der Waals surface area contributed by atoms with Crippen LogP contribution in [-0.4, -0.2) is 17.9 Å². The minimum Gasteiger partial charge on any atom is -0.337 e. The Bertz CT molecular complexity index is 535. The molecule has 0 bridgehead atoms. The molecule has 0 atom stereocenters. The van der Waals surface area contributed by atoms with Crippen LogP contribution in [0.4, 0.5) is 0 Å². The Kier molecular flexibility index (Phi) is 4.41. The summed E-state index contributed by atoms with van der Waals surface area (Å²) in [5.74, 6) is 0.0523. The molecule has 0 aliphatic heterocycles. The minimum absolute atomic E-state index is 0.0523. The third-order valence-corrected chi connectivity index (χ3v) is 5.36. The zero-order chi connectivity index (χ0) is 12.4. The van der Waals surface area contributed by atoms with Crippen molar-refractivity contribution in [3.8, 4) is 0 Å². The van der Waals surface area contributed by atoms with E-state index in [4.69, 9.17) is 0 Å². The van der Waals surface area contributed by atoms with Crippen LogP contribution < -0.4 is 0 Å². The smallest absolute Gasteiger partial charge is 0.254 e. The Balaban J connectivity index is 2.05. The molecule has 0 saturated heterocycles. The second kappa shape index (κ2) is 5.65. The second-order valence-corrected chi connectivity index (χ2v) is 7.73. The lowest BCUT2D eigenvalue weighted by Crippen LogP contribution is -2.25. The Hall–Kier alpha value is -0.170. The predicted molar refractivity (Wildman–Crippen MR) is 79.8 cm³/mol. The van der Waals surface area contributed by atoms with Crippen molar-refractivity contribution >= 4 is 60.4 Å². The monoisotopic (exact) mass is 393 g/mol. The summed E-state index contributed by atoms with van der Waals surface area (Å²) in [6, 6.07) is 3.89. The highest BCUT2D eigenvalue weighted by molar-refractivity contribution is 9.11. The molecule has 2 aromatic rings. The molecule has 2 rings (SSSR count). The van der Waals surface area contributed by atoms with E-state index in [9.17, 15) is 4.79 Å². The summed E-state index contributed by atoms with van der Waals surface area (Å²) in [5, 5.41) is 3.89. The van der Waals surface area contributed by atoms with Gasteiger partial charge in [-0.1, -0.05) is 0 Å². The number of carbonyl (C=O) groups is 1. The summed E-state index contributed by atoms with van der Waals surface area (Å²) in [5.41, 5.74) is 0.736. The molecule has 0 radical (unpaired) electrons. The van der Waals surface area contributed by atoms with Crippen molar-refractivity contribution in [3.63, 3.8) is 0 Å². The molecule has 2 nitrogen and oxygen atoms in total. The molecule has 6 heteroatoms. The number of hydrogen-bond donors (Lipinski definition) is 0. The van der Waals surface area contributed by atoms with Gasteiger partial charge in [0.25, 0.3) is 5.91 Å². The molecule has 1 amide bonds. The Morgan fingerprint density at radius 1 is 1.29 bits per heavy atom. The predicted octanol–water partition coefficient (Wildman–Crippen LogP) is 4.61. The molecule has 0 N–H and O–H groups in total. The van der Waals surface area contributed by atoms with Crippen LogP contribution in [0.5, 0.6) is 0 Å². The van der Waals surface area contributed by atoms with E-state index in [1.807, 2.05) is 29.9 Å². The summed E-state index contributed by atoms with van der Waals surface area (Å²) < 4.78 is 2.05. The molecule has 0 fully saturated rings. The van der Waals surface area contributed by atoms with Gasteiger partial charge in [0, 0.05) is 27.2 Å². The van der Waals surface area contributed by atoms with E-state index >= 15 is 0 Å². The van der Waals surface area contributed by atoms with Crippen LogP contribution in [0.2, 0.25) is 0 Å². The normalized spacial score (nSPS) is 10.5. The van der Waals surface area contributed by atoms with Crippen molar-refractivity contribution in [1.82, 2.24) is 4.90 Å². The maximum atomic E-state index is 12.1. The van der Waals surface area contributed by atoms with Gasteiger partial charge in [0.2, 0.25) is 0 Å². The van der Waals surface area contributed by atoms with Crippen LogP contribution in [0.3, 0.4) is 0 Å². The number of hydrogen-bond acceptors (Lipinski definition) is 3. The molecule has 0 aromatic carbocycles. The van der Waals surface area contributed by atoms with Crippen molar-refractivity contribution in [2.45, 2.75) is 6.54 Å². The van der Waals surface area contributed by atoms with E-state index in [0.29, 0.717) is 6.54 Å². The van der Waals surface area contributed by atoms with Crippen molar-refractivity contribution in [2.75, 3.05) is 7.05 Å². The zero-order valence-corrected chi connectivity index (χ0v) is 13.7. The van der Waals surface area contributed by atoms with Gasteiger partial charge < -0.3 is 4.90 Å². The third-order valence-electron chi connectivity index (χ3n) is 2.18. The molecular formula is C11H9Br2NOS2. The van der Waals surface area contributed by atoms with Crippen molar-refractivity contribution in [1.29, 1.82) is 0 Å². The summed E-state index contributed by atoms with van der Waals surface area (Å²) in [4.78, 5) is 15.0. The fourth-order valence-electron chi connectivity index (χ4n) is 1.38. The second-order valence-electron chi connectivity index (χ2n) is 3.53. The maximum Gasteiger partial charge on any atom is 0.254 e. The lowest BCUT2D eigenvalue weighted by Gasteiger charge is -2.15. The minimum atomic E-state index is 0.0523. The average molecular weight is 395 g/mol. The van der Waals surface area contributed by atoms with Gasteiger partial charge in [-0.3, -0.25) is 4.79 Å². The topological polar surface area (TPSA) is 20.3 Å². The van der Waals surface area contributed by atoms with Crippen LogP contribution in [0.15, 0.2) is 31.2 Å². The summed E-state index contributed by atoms with van der Waals surface area (Å²) in [6.45, 7) is 0.641. The number of nitrogens with zero attached hydrogens (tertiary/aromatic N) is 1. The molecule has 0 unspecified atom stereocenters. The van der Waals surface area contributed by atoms with Gasteiger partial charge in [-0.2, -0.15) is 0 Å². The first-order valence-electron chi connectivity index (χ1n) is 4.78. The molecule has 0 aliphatic carbocycles. The van der Waals surface area contributed by atoms with Gasteiger partial charge in [0.15, 0.2) is 0 Å². The largest absolute Gasteiger partial charge is 0.337 e. The van der Waals surface area contributed by atoms with Crippen LogP contribution >= 0.6 is 54.5 Å². The van der Waals surface area contributed by atoms with E-state index in [-0.39, 0.29) is 5.91 Å². The van der Waals surface area contributed by atoms with Crippen LogP contribution in [0, 0.1) is 0 Å². The van der Waals surface area contributed by atoms with Crippen LogP contribution in [-0.2, 0) is 6.54 Å². The number of amides is 1. The fraction of sp³-hybridized carbons (Fsp3) is 0.182. The van der Waals surface area contributed by atoms with Gasteiger partial charge in [0.1, 0.15) is 0 Å². The molecule has 0 aliphatic rings. The number of thiophene rings is 2. The SMILES string of the molecule is CN(Cc1cc(Br)cs1)C(=O)c1csc(Br)c1. The van der Waals surface area contributed by atoms with E-state index in [1.165, 1.54) is 16.2 Å². The van der Waals surface area contributed by atoms with E-state index < -0.39 is 0 Å². The molecule has 2 aromatic heterocycles. The summed E-state index contributed by atoms with van der Waals surface area (Å²) >= 11 is 9.95. The Morgan fingerprint density at radius 2 is 2.06 bits per heavy atom. The quantitative estimate of drug-likeness (QED) is 0.744. The van der Waals surface area contributed by atoms with Gasteiger partial charge >= 0.3 is 0 Å². The average Bonchev–Trinajstić information content (AvgIpc) is 2.87. The van der Waals surface area contributed by atoms with E-state index in [2.05, 4.69) is 31.9 Å². The van der Waals surface area contributed by atoms with E-state index in [0.717, 1.165) is 13.8 Å². The number of rotatable bonds is 3. The molecule has 2 heterocycles. The number of halogens is 2. The third kappa shape index (κ3) is 3.40. The van der Waals surface area contributed by atoms with Gasteiger partial charge in [-0.05, 0) is 44.0 Å². The molecule has 90 valence electrons. The molecule has 0 saturated carbocycles. The first-order valence-corrected chi connectivity index (χ1v) is 8.13. The zero-order valence-electron chi connectivity index (χ0n) is 8.94. The van der Waals surface area contributed by atoms with Crippen molar-refractivity contribution < 1.29 is 4.79 Å². The lowest BCUT2D eigenvalue weighted by atomic mass is 10.3. The standard InChI is InChI=1S/C11H9Br2NOS2/c1-14(4-9-3-8(12)6-16-9)11(15)7-2-10(13)17-5-7/h2-3,5-6H,4H2,1H3. The summed E-state index contributed by atoms with van der Waals surface area (Å²) in [7, 11) is 1.82. The van der Waals surface area contributed by atoms with Gasteiger partial charge in [-0.15, -0.1) is 22.7 Å². The maximum absolute atomic E-state index is 12.1. The molecule has 17 heavy (non-hydrogen) atoms.